The van der Waals surface area contributed by atoms with E-state index in [2.05, 4.69) is 106 Å². The lowest BCUT2D eigenvalue weighted by atomic mass is 9.61. The number of allylic oxidation sites excluding steroid dienone is 4. The van der Waals surface area contributed by atoms with Gasteiger partial charge >= 0.3 is 0 Å². The highest BCUT2D eigenvalue weighted by Gasteiger charge is 2.50. The molecule has 0 spiro atoms. The van der Waals surface area contributed by atoms with E-state index in [1.165, 1.54) is 49.9 Å². The minimum absolute atomic E-state index is 0.000886. The number of carbonyl (C=O) groups excluding carboxylic acids is 1. The van der Waals surface area contributed by atoms with Crippen LogP contribution in [0.3, 0.4) is 0 Å². The molecule has 0 bridgehead atoms. The maximum absolute atomic E-state index is 12.3. The van der Waals surface area contributed by atoms with Crippen LogP contribution in [0.5, 0.6) is 0 Å². The van der Waals surface area contributed by atoms with Crippen molar-refractivity contribution in [1.29, 1.82) is 0 Å². The van der Waals surface area contributed by atoms with Crippen LogP contribution >= 0.6 is 0 Å². The van der Waals surface area contributed by atoms with Gasteiger partial charge in [-0.05, 0) is 109 Å². The second-order valence-corrected chi connectivity index (χ2v) is 27.1. The average molecular weight is 658 g/mol. The lowest BCUT2D eigenvalue weighted by molar-refractivity contribution is -0.162. The Morgan fingerprint density at radius 1 is 1.02 bits per heavy atom. The lowest BCUT2D eigenvalue weighted by Crippen LogP contribution is -2.49. The Balaban J connectivity index is 1.89. The van der Waals surface area contributed by atoms with Gasteiger partial charge in [-0.1, -0.05) is 85.8 Å². The van der Waals surface area contributed by atoms with E-state index in [1.807, 2.05) is 0 Å². The van der Waals surface area contributed by atoms with Crippen molar-refractivity contribution in [3.8, 4) is 0 Å². The number of hydroxylamine groups is 2. The molecule has 0 N–H and O–H groups in total. The Kier molecular flexibility index (Phi) is 11.9. The third kappa shape index (κ3) is 8.62. The van der Waals surface area contributed by atoms with Gasteiger partial charge < -0.3 is 8.85 Å². The van der Waals surface area contributed by atoms with Crippen LogP contribution in [0.25, 0.3) is 0 Å². The van der Waals surface area contributed by atoms with Crippen molar-refractivity contribution >= 4 is 22.5 Å². The maximum atomic E-state index is 12.3. The fraction of sp³-hybridized carbons (Fsp3) is 0.763. The molecule has 0 aromatic heterocycles. The molecule has 0 aromatic rings. The molecule has 3 aliphatic rings. The summed E-state index contributed by atoms with van der Waals surface area (Å²) in [4.78, 5) is 17.4. The molecule has 0 aromatic carbocycles. The molecule has 7 heteroatoms. The smallest absolute Gasteiger partial charge is 0.269 e. The van der Waals surface area contributed by atoms with Gasteiger partial charge in [-0.15, -0.1) is 0 Å². The summed E-state index contributed by atoms with van der Waals surface area (Å²) in [5, 5.41) is 1.57. The molecule has 3 saturated carbocycles. The molecule has 3 rings (SSSR count). The van der Waals surface area contributed by atoms with E-state index >= 15 is 0 Å². The van der Waals surface area contributed by atoms with E-state index < -0.39 is 16.6 Å². The molecule has 0 radical (unpaired) electrons. The first-order valence-corrected chi connectivity index (χ1v) is 23.3. The predicted molar refractivity (Wildman–Crippen MR) is 195 cm³/mol. The van der Waals surface area contributed by atoms with Gasteiger partial charge in [0.2, 0.25) is 0 Å². The van der Waals surface area contributed by atoms with Gasteiger partial charge in [0.1, 0.15) is 0 Å². The molecular weight excluding hydrogens is 591 g/mol. The van der Waals surface area contributed by atoms with E-state index in [0.717, 1.165) is 18.4 Å². The number of amides is 1. The fourth-order valence-electron chi connectivity index (χ4n) is 7.47. The molecule has 0 unspecified atom stereocenters. The average Bonchev–Trinajstić information content (AvgIpc) is 3.27. The molecule has 6 atom stereocenters. The molecular formula is C38H67NO4Si2. The van der Waals surface area contributed by atoms with E-state index in [4.69, 9.17) is 13.7 Å². The quantitative estimate of drug-likeness (QED) is 0.141. The highest BCUT2D eigenvalue weighted by Crippen LogP contribution is 2.59. The summed E-state index contributed by atoms with van der Waals surface area (Å²) in [5.41, 5.74) is 4.29. The van der Waals surface area contributed by atoms with Crippen LogP contribution in [0.15, 0.2) is 47.6 Å². The largest absolute Gasteiger partial charge is 0.413 e. The summed E-state index contributed by atoms with van der Waals surface area (Å²) >= 11 is 0. The molecule has 45 heavy (non-hydrogen) atoms. The SMILES string of the molecule is C=C1/C(=C\C=C2/CCC[C@]3(C)[C@@H]([C@@H](C)/C=C/C(=O)N(C)OC)CC[C@@H]23)C[C@@H](O[Si](C)(C)C(C)(C)C)C[C@@H]1O[Si](C)(C)C(C)(C)C. The summed E-state index contributed by atoms with van der Waals surface area (Å²) in [6.45, 7) is 32.8. The van der Waals surface area contributed by atoms with Gasteiger partial charge in [0.25, 0.3) is 5.91 Å². The number of carbonyl (C=O) groups is 1. The number of hydrogen-bond acceptors (Lipinski definition) is 4. The lowest BCUT2D eigenvalue weighted by Gasteiger charge is -2.45. The summed E-state index contributed by atoms with van der Waals surface area (Å²) in [5.74, 6) is 1.37. The first-order chi connectivity index (χ1) is 20.5. The number of rotatable bonds is 9. The van der Waals surface area contributed by atoms with E-state index in [-0.39, 0.29) is 33.6 Å². The number of nitrogens with zero attached hydrogens (tertiary/aromatic N) is 1. The molecule has 3 aliphatic carbocycles. The molecule has 0 saturated heterocycles. The van der Waals surface area contributed by atoms with Crippen LogP contribution in [0.4, 0.5) is 0 Å². The number of fused-ring (bicyclic) bond motifs is 1. The van der Waals surface area contributed by atoms with Crippen LogP contribution in [0, 0.1) is 23.2 Å². The van der Waals surface area contributed by atoms with Crippen molar-refractivity contribution in [2.45, 2.75) is 149 Å². The highest BCUT2D eigenvalue weighted by molar-refractivity contribution is 6.74. The Morgan fingerprint density at radius 3 is 2.20 bits per heavy atom. The normalized spacial score (nSPS) is 31.1. The van der Waals surface area contributed by atoms with Gasteiger partial charge in [-0.3, -0.25) is 9.63 Å². The van der Waals surface area contributed by atoms with Gasteiger partial charge in [-0.2, -0.15) is 0 Å². The molecule has 0 heterocycles. The van der Waals surface area contributed by atoms with E-state index in [0.29, 0.717) is 17.8 Å². The first-order valence-electron chi connectivity index (χ1n) is 17.5. The molecule has 256 valence electrons. The zero-order valence-electron chi connectivity index (χ0n) is 31.4. The van der Waals surface area contributed by atoms with Crippen molar-refractivity contribution in [3.63, 3.8) is 0 Å². The highest BCUT2D eigenvalue weighted by atomic mass is 28.4. The van der Waals surface area contributed by atoms with Crippen molar-refractivity contribution in [1.82, 2.24) is 5.06 Å². The van der Waals surface area contributed by atoms with Crippen LogP contribution < -0.4 is 0 Å². The number of hydrogen-bond donors (Lipinski definition) is 0. The van der Waals surface area contributed by atoms with E-state index in [9.17, 15) is 4.79 Å². The van der Waals surface area contributed by atoms with Crippen molar-refractivity contribution < 1.29 is 18.5 Å². The van der Waals surface area contributed by atoms with Gasteiger partial charge in [0, 0.05) is 19.5 Å². The van der Waals surface area contributed by atoms with Crippen LogP contribution in [-0.2, 0) is 18.5 Å². The molecule has 1 amide bonds. The summed E-state index contributed by atoms with van der Waals surface area (Å²) in [6, 6.07) is 0. The Labute approximate surface area is 279 Å². The monoisotopic (exact) mass is 657 g/mol. The third-order valence-corrected chi connectivity index (χ3v) is 21.6. The first kappa shape index (κ1) is 38.2. The fourth-order valence-corrected chi connectivity index (χ4v) is 10.1. The van der Waals surface area contributed by atoms with Gasteiger partial charge in [0.05, 0.1) is 19.3 Å². The topological polar surface area (TPSA) is 48.0 Å². The molecule has 0 aliphatic heterocycles. The zero-order chi connectivity index (χ0) is 34.2. The standard InChI is InChI=1S/C38H67NO4Si2/c1-27(18-23-35(40)39(10)41-11)32-21-22-33-29(17-16-24-38(32,33)9)19-20-30-25-31(42-44(12,13)36(3,4)5)26-34(28(30)2)43-45(14,15)37(6,7)8/h18-20,23,27,31-34H,2,16-17,21-22,24-26H2,1,3-15H3/b23-18+,29-19+,30-20-/t27-,31+,32+,33-,34-,38+/m0/s1. The van der Waals surface area contributed by atoms with Gasteiger partial charge in [0.15, 0.2) is 16.6 Å². The zero-order valence-corrected chi connectivity index (χ0v) is 33.4. The van der Waals surface area contributed by atoms with Crippen molar-refractivity contribution in [2.24, 2.45) is 23.2 Å². The summed E-state index contributed by atoms with van der Waals surface area (Å²) in [6.07, 6.45) is 16.6. The van der Waals surface area contributed by atoms with Crippen molar-refractivity contribution in [2.75, 3.05) is 14.2 Å². The minimum atomic E-state index is -2.00. The summed E-state index contributed by atoms with van der Waals surface area (Å²) < 4.78 is 14.1. The second kappa shape index (κ2) is 14.1. The molecule has 5 nitrogen and oxygen atoms in total. The van der Waals surface area contributed by atoms with Crippen LogP contribution in [0.1, 0.15) is 100 Å². The Morgan fingerprint density at radius 2 is 1.62 bits per heavy atom. The predicted octanol–water partition coefficient (Wildman–Crippen LogP) is 10.4. The van der Waals surface area contributed by atoms with Crippen LogP contribution in [-0.4, -0.2) is 54.0 Å². The third-order valence-electron chi connectivity index (χ3n) is 12.5. The number of likely N-dealkylation sites (N-methyl/N-ethyl adjacent to an activating group) is 1. The minimum Gasteiger partial charge on any atom is -0.413 e. The molecule has 3 fully saturated rings. The Hall–Kier alpha value is -1.26. The van der Waals surface area contributed by atoms with Crippen molar-refractivity contribution in [3.05, 3.63) is 47.6 Å². The van der Waals surface area contributed by atoms with E-state index in [1.54, 1.807) is 18.7 Å². The summed E-state index contributed by atoms with van der Waals surface area (Å²) in [7, 11) is -0.765. The Bertz CT molecular complexity index is 1170. The second-order valence-electron chi connectivity index (χ2n) is 17.6. The van der Waals surface area contributed by atoms with Gasteiger partial charge in [-0.25, -0.2) is 5.06 Å². The maximum Gasteiger partial charge on any atom is 0.269 e. The van der Waals surface area contributed by atoms with Crippen LogP contribution in [0.2, 0.25) is 36.3 Å².